The summed E-state index contributed by atoms with van der Waals surface area (Å²) in [5.41, 5.74) is 5.55. The predicted molar refractivity (Wildman–Crippen MR) is 131 cm³/mol. The number of hydrogen-bond acceptors (Lipinski definition) is 6. The lowest BCUT2D eigenvalue weighted by atomic mass is 9.86. The Hall–Kier alpha value is -5.66. The molecule has 0 aliphatic heterocycles. The van der Waals surface area contributed by atoms with Crippen molar-refractivity contribution in [2.75, 3.05) is 0 Å². The molecule has 0 heterocycles. The first kappa shape index (κ1) is 23.5. The molecule has 2 aromatic rings. The van der Waals surface area contributed by atoms with E-state index in [1.807, 2.05) is 18.2 Å². The third-order valence-electron chi connectivity index (χ3n) is 6.46. The summed E-state index contributed by atoms with van der Waals surface area (Å²) in [4.78, 5) is 0. The fraction of sp³-hybridized carbons (Fsp3) is 0.133. The van der Waals surface area contributed by atoms with E-state index in [9.17, 15) is 21.0 Å². The Balaban J connectivity index is 1.87. The first-order chi connectivity index (χ1) is 17.6. The van der Waals surface area contributed by atoms with E-state index in [0.29, 0.717) is 51.8 Å². The highest BCUT2D eigenvalue weighted by atomic mass is 14.5. The average Bonchev–Trinajstić information content (AvgIpc) is 3.65. The van der Waals surface area contributed by atoms with Crippen molar-refractivity contribution in [3.63, 3.8) is 0 Å². The Morgan fingerprint density at radius 2 is 1.11 bits per heavy atom. The number of nitrogens with zero attached hydrogens (tertiary/aromatic N) is 6. The van der Waals surface area contributed by atoms with Gasteiger partial charge in [0.15, 0.2) is 0 Å². The van der Waals surface area contributed by atoms with Gasteiger partial charge in [-0.15, -0.1) is 0 Å². The summed E-state index contributed by atoms with van der Waals surface area (Å²) in [6.45, 7) is 0. The topological polar surface area (TPSA) is 143 Å². The summed E-state index contributed by atoms with van der Waals surface area (Å²) in [5.74, 6) is -0.188. The number of hydrogen-bond donors (Lipinski definition) is 0. The maximum absolute atomic E-state index is 10.1. The van der Waals surface area contributed by atoms with Crippen LogP contribution < -0.4 is 0 Å². The smallest absolute Gasteiger partial charge is 0.132 e. The third-order valence-corrected chi connectivity index (χ3v) is 6.46. The van der Waals surface area contributed by atoms with E-state index in [1.54, 1.807) is 54.6 Å². The minimum atomic E-state index is -0.175. The van der Waals surface area contributed by atoms with Crippen LogP contribution in [-0.2, 0) is 0 Å². The molecule has 0 spiro atoms. The number of benzene rings is 2. The maximum Gasteiger partial charge on any atom is 0.132 e. The van der Waals surface area contributed by atoms with E-state index in [2.05, 4.69) is 24.3 Å². The molecule has 0 N–H and O–H groups in total. The number of allylic oxidation sites excluding steroid dienone is 8. The molecule has 0 radical (unpaired) electrons. The van der Waals surface area contributed by atoms with Gasteiger partial charge in [0.2, 0.25) is 0 Å². The Morgan fingerprint density at radius 1 is 0.639 bits per heavy atom. The van der Waals surface area contributed by atoms with Gasteiger partial charge in [-0.05, 0) is 70.9 Å². The highest BCUT2D eigenvalue weighted by Gasteiger charge is 2.47. The molecule has 1 saturated carbocycles. The zero-order valence-electron chi connectivity index (χ0n) is 19.0. The Labute approximate surface area is 209 Å². The highest BCUT2D eigenvalue weighted by Crippen LogP contribution is 2.58. The zero-order valence-corrected chi connectivity index (χ0v) is 19.0. The van der Waals surface area contributed by atoms with Gasteiger partial charge in [-0.1, -0.05) is 36.4 Å². The van der Waals surface area contributed by atoms with Gasteiger partial charge in [-0.25, -0.2) is 0 Å². The van der Waals surface area contributed by atoms with E-state index < -0.39 is 0 Å². The molecule has 166 valence electrons. The van der Waals surface area contributed by atoms with Crippen LogP contribution in [0.4, 0.5) is 0 Å². The Bertz CT molecular complexity index is 1510. The predicted octanol–water partition coefficient (Wildman–Crippen LogP) is 5.62. The van der Waals surface area contributed by atoms with Crippen molar-refractivity contribution < 1.29 is 0 Å². The summed E-state index contributed by atoms with van der Waals surface area (Å²) in [5, 5.41) is 56.9. The molecule has 6 nitrogen and oxygen atoms in total. The quantitative estimate of drug-likeness (QED) is 0.543. The van der Waals surface area contributed by atoms with Crippen molar-refractivity contribution in [1.82, 2.24) is 0 Å². The molecule has 6 heteroatoms. The third kappa shape index (κ3) is 4.28. The molecule has 2 aromatic carbocycles. The Kier molecular flexibility index (Phi) is 6.58. The van der Waals surface area contributed by atoms with E-state index in [-0.39, 0.29) is 17.4 Å². The maximum atomic E-state index is 10.1. The van der Waals surface area contributed by atoms with Crippen molar-refractivity contribution in [2.24, 2.45) is 11.8 Å². The second-order valence-electron chi connectivity index (χ2n) is 8.34. The van der Waals surface area contributed by atoms with Gasteiger partial charge in [-0.2, -0.15) is 31.6 Å². The lowest BCUT2D eigenvalue weighted by molar-refractivity contribution is 0.544. The van der Waals surface area contributed by atoms with Crippen molar-refractivity contribution in [3.8, 4) is 36.4 Å². The van der Waals surface area contributed by atoms with Crippen LogP contribution in [0.5, 0.6) is 0 Å². The van der Waals surface area contributed by atoms with Crippen molar-refractivity contribution in [3.05, 3.63) is 105 Å². The minimum absolute atomic E-state index is 0.0131. The first-order valence-corrected chi connectivity index (χ1v) is 11.1. The van der Waals surface area contributed by atoms with Gasteiger partial charge < -0.3 is 0 Å². The van der Waals surface area contributed by atoms with Crippen molar-refractivity contribution in [2.45, 2.75) is 12.8 Å². The molecule has 0 saturated heterocycles. The normalized spacial score (nSPS) is 20.3. The summed E-state index contributed by atoms with van der Waals surface area (Å²) in [6, 6.07) is 26.2. The van der Waals surface area contributed by atoms with Crippen LogP contribution in [0, 0.1) is 79.8 Å². The van der Waals surface area contributed by atoms with Crippen LogP contribution in [0.1, 0.15) is 35.1 Å². The van der Waals surface area contributed by atoms with Gasteiger partial charge in [-0.3, -0.25) is 0 Å². The molecule has 2 atom stereocenters. The van der Waals surface area contributed by atoms with E-state index >= 15 is 0 Å². The van der Waals surface area contributed by atoms with Crippen LogP contribution >= 0.6 is 0 Å². The number of nitriles is 6. The van der Waals surface area contributed by atoms with Gasteiger partial charge >= 0.3 is 0 Å². The number of rotatable bonds is 3. The zero-order chi connectivity index (χ0) is 25.7. The van der Waals surface area contributed by atoms with Crippen LogP contribution in [0.3, 0.4) is 0 Å². The lowest BCUT2D eigenvalue weighted by Gasteiger charge is -2.17. The van der Waals surface area contributed by atoms with Crippen LogP contribution in [-0.4, -0.2) is 0 Å². The van der Waals surface area contributed by atoms with Gasteiger partial charge in [0, 0.05) is 5.92 Å². The lowest BCUT2D eigenvalue weighted by Crippen LogP contribution is -2.06. The molecular formula is C30H16N6. The molecule has 2 unspecified atom stereocenters. The summed E-state index contributed by atoms with van der Waals surface area (Å²) in [6.07, 6.45) is 4.96. The van der Waals surface area contributed by atoms with Gasteiger partial charge in [0.25, 0.3) is 0 Å². The minimum Gasteiger partial charge on any atom is -0.192 e. The standard InChI is InChI=1S/C30H16N6/c31-13-19-1-5-22(6-2-19)26(17-35)29-28(24-11-9-21(10-12-24)25(15-33)16-34)30(29)27(18-36)23-7-3-20(14-32)4-8-23/h1-9,11,24,28H,10,12H2/b29-26-,30-27+. The van der Waals surface area contributed by atoms with E-state index in [4.69, 9.17) is 10.5 Å². The molecule has 0 aromatic heterocycles. The molecule has 2 aliphatic carbocycles. The van der Waals surface area contributed by atoms with Crippen LogP contribution in [0.25, 0.3) is 11.1 Å². The molecule has 0 bridgehead atoms. The first-order valence-electron chi connectivity index (χ1n) is 11.1. The van der Waals surface area contributed by atoms with Crippen molar-refractivity contribution in [1.29, 1.82) is 31.6 Å². The molecule has 0 amide bonds. The van der Waals surface area contributed by atoms with Crippen LogP contribution in [0.15, 0.2) is 83.0 Å². The largest absolute Gasteiger partial charge is 0.192 e. The second kappa shape index (κ2) is 10.1. The van der Waals surface area contributed by atoms with E-state index in [0.717, 1.165) is 11.1 Å². The monoisotopic (exact) mass is 460 g/mol. The fourth-order valence-corrected chi connectivity index (χ4v) is 4.63. The SMILES string of the molecule is N#CC(C#N)=C1C=CC(C2C(=C(/C#N)c3ccc(C#N)cc3)/C2=C(/C#N)c2ccc(C#N)cc2)CC1. The molecule has 2 aliphatic rings. The van der Waals surface area contributed by atoms with Gasteiger partial charge in [0.05, 0.1) is 34.4 Å². The Morgan fingerprint density at radius 3 is 1.44 bits per heavy atom. The molecular weight excluding hydrogens is 444 g/mol. The second-order valence-corrected chi connectivity index (χ2v) is 8.34. The molecule has 36 heavy (non-hydrogen) atoms. The molecule has 1 fully saturated rings. The highest BCUT2D eigenvalue weighted by molar-refractivity contribution is 5.97. The molecule has 4 rings (SSSR count). The average molecular weight is 461 g/mol. The van der Waals surface area contributed by atoms with Gasteiger partial charge in [0.1, 0.15) is 29.8 Å². The van der Waals surface area contributed by atoms with E-state index in [1.165, 1.54) is 0 Å². The summed E-state index contributed by atoms with van der Waals surface area (Å²) < 4.78 is 0. The summed E-state index contributed by atoms with van der Waals surface area (Å²) in [7, 11) is 0. The summed E-state index contributed by atoms with van der Waals surface area (Å²) >= 11 is 0. The van der Waals surface area contributed by atoms with Crippen LogP contribution in [0.2, 0.25) is 0 Å². The fourth-order valence-electron chi connectivity index (χ4n) is 4.63. The van der Waals surface area contributed by atoms with Crippen molar-refractivity contribution >= 4 is 11.1 Å².